The maximum atomic E-state index is 11.2. The molecule has 2 aromatic heterocycles. The van der Waals surface area contributed by atoms with Gasteiger partial charge >= 0.3 is 0 Å². The summed E-state index contributed by atoms with van der Waals surface area (Å²) in [6.45, 7) is 4.65. The topological polar surface area (TPSA) is 50.0 Å². The van der Waals surface area contributed by atoms with Gasteiger partial charge in [-0.3, -0.25) is 9.30 Å². The predicted octanol–water partition coefficient (Wildman–Crippen LogP) is 3.20. The van der Waals surface area contributed by atoms with Gasteiger partial charge in [-0.05, 0) is 25.8 Å². The minimum absolute atomic E-state index is 0.706. The number of aliphatic hydroxyl groups is 1. The number of likely N-dealkylation sites (tertiary alicyclic amines) is 1. The number of imidazole rings is 1. The molecule has 0 aliphatic carbocycles. The van der Waals surface area contributed by atoms with Gasteiger partial charge in [-0.25, -0.2) is 4.98 Å². The first kappa shape index (κ1) is 16.6. The van der Waals surface area contributed by atoms with E-state index in [0.29, 0.717) is 12.8 Å². The predicted molar refractivity (Wildman–Crippen MR) is 99.2 cm³/mol. The van der Waals surface area contributed by atoms with Gasteiger partial charge in [0.25, 0.3) is 0 Å². The number of piperidine rings is 1. The number of para-hydroxylation sites is 1. The van der Waals surface area contributed by atoms with E-state index in [1.165, 1.54) is 5.69 Å². The van der Waals surface area contributed by atoms with Crippen molar-refractivity contribution >= 4 is 16.3 Å². The Hall–Kier alpha value is -1.89. The monoisotopic (exact) mass is 357 g/mol. The quantitative estimate of drug-likeness (QED) is 0.779. The molecule has 3 heterocycles. The summed E-state index contributed by atoms with van der Waals surface area (Å²) in [5, 5.41) is 13.2. The summed E-state index contributed by atoms with van der Waals surface area (Å²) in [5.41, 5.74) is 2.43. The molecule has 5 nitrogen and oxygen atoms in total. The highest BCUT2D eigenvalue weighted by molar-refractivity contribution is 7.15. The average molecular weight is 357 g/mol. The lowest BCUT2D eigenvalue weighted by Gasteiger charge is -2.39. The Morgan fingerprint density at radius 1 is 1.28 bits per heavy atom. The maximum absolute atomic E-state index is 11.2. The van der Waals surface area contributed by atoms with Crippen LogP contribution in [0.5, 0.6) is 5.75 Å². The number of rotatable bonds is 4. The van der Waals surface area contributed by atoms with Gasteiger partial charge in [-0.15, -0.1) is 11.3 Å². The lowest BCUT2D eigenvalue weighted by molar-refractivity contribution is -0.0295. The Kier molecular flexibility index (Phi) is 4.27. The normalized spacial score (nSPS) is 17.9. The van der Waals surface area contributed by atoms with E-state index in [2.05, 4.69) is 32.8 Å². The fraction of sp³-hybridized carbons (Fsp3) is 0.421. The third-order valence-corrected chi connectivity index (χ3v) is 5.98. The van der Waals surface area contributed by atoms with E-state index < -0.39 is 5.60 Å². The van der Waals surface area contributed by atoms with E-state index in [1.54, 1.807) is 18.4 Å². The summed E-state index contributed by atoms with van der Waals surface area (Å²) in [7, 11) is 1.66. The number of hydrogen-bond donors (Lipinski definition) is 1. The van der Waals surface area contributed by atoms with Crippen molar-refractivity contribution in [3.05, 3.63) is 52.8 Å². The molecule has 4 rings (SSSR count). The van der Waals surface area contributed by atoms with Crippen LogP contribution < -0.4 is 4.74 Å². The van der Waals surface area contributed by atoms with Crippen molar-refractivity contribution in [1.29, 1.82) is 0 Å². The number of methoxy groups -OCH3 is 1. The molecule has 1 aliphatic heterocycles. The molecule has 1 aliphatic rings. The smallest absolute Gasteiger partial charge is 0.194 e. The van der Waals surface area contributed by atoms with Crippen molar-refractivity contribution < 1.29 is 9.84 Å². The van der Waals surface area contributed by atoms with E-state index in [9.17, 15) is 5.11 Å². The molecule has 0 saturated carbocycles. The van der Waals surface area contributed by atoms with Gasteiger partial charge in [0.2, 0.25) is 0 Å². The van der Waals surface area contributed by atoms with E-state index in [4.69, 9.17) is 4.74 Å². The molecule has 0 radical (unpaired) electrons. The van der Waals surface area contributed by atoms with Crippen LogP contribution in [0.25, 0.3) is 4.96 Å². The highest BCUT2D eigenvalue weighted by Gasteiger charge is 2.36. The molecule has 25 heavy (non-hydrogen) atoms. The SMILES string of the molecule is COc1ccccc1C1(O)CCN(Cc2c(C)nc3sccn23)CC1. The molecule has 1 N–H and O–H groups in total. The third kappa shape index (κ3) is 2.94. The highest BCUT2D eigenvalue weighted by atomic mass is 32.1. The number of aromatic nitrogens is 2. The molecule has 0 spiro atoms. The Balaban J connectivity index is 1.49. The van der Waals surface area contributed by atoms with Crippen molar-refractivity contribution in [2.45, 2.75) is 31.9 Å². The van der Waals surface area contributed by atoms with Gasteiger partial charge in [-0.2, -0.15) is 0 Å². The van der Waals surface area contributed by atoms with E-state index in [0.717, 1.165) is 41.6 Å². The Morgan fingerprint density at radius 3 is 2.80 bits per heavy atom. The Labute approximate surface area is 151 Å². The molecule has 0 unspecified atom stereocenters. The van der Waals surface area contributed by atoms with Crippen LogP contribution in [0, 0.1) is 6.92 Å². The molecule has 6 heteroatoms. The van der Waals surface area contributed by atoms with Crippen molar-refractivity contribution in [3.63, 3.8) is 0 Å². The fourth-order valence-electron chi connectivity index (χ4n) is 3.72. The van der Waals surface area contributed by atoms with Crippen LogP contribution in [-0.2, 0) is 12.1 Å². The average Bonchev–Trinajstić information content (AvgIpc) is 3.19. The van der Waals surface area contributed by atoms with Crippen LogP contribution in [-0.4, -0.2) is 39.6 Å². The lowest BCUT2D eigenvalue weighted by atomic mass is 9.84. The first-order valence-electron chi connectivity index (χ1n) is 8.60. The fourth-order valence-corrected chi connectivity index (χ4v) is 4.50. The minimum atomic E-state index is -0.812. The van der Waals surface area contributed by atoms with Gasteiger partial charge < -0.3 is 9.84 Å². The van der Waals surface area contributed by atoms with Crippen molar-refractivity contribution in [3.8, 4) is 5.75 Å². The van der Waals surface area contributed by atoms with Gasteiger partial charge in [0.1, 0.15) is 5.75 Å². The van der Waals surface area contributed by atoms with Crippen LogP contribution in [0.2, 0.25) is 0 Å². The standard InChI is InChI=1S/C19H23N3O2S/c1-14-16(22-11-12-25-18(22)20-14)13-21-9-7-19(23,8-10-21)15-5-3-4-6-17(15)24-2/h3-6,11-12,23H,7-10,13H2,1-2H3. The van der Waals surface area contributed by atoms with Crippen molar-refractivity contribution in [2.24, 2.45) is 0 Å². The minimum Gasteiger partial charge on any atom is -0.496 e. The second-order valence-electron chi connectivity index (χ2n) is 6.71. The second-order valence-corrected chi connectivity index (χ2v) is 7.58. The molecule has 1 aromatic carbocycles. The Bertz CT molecular complexity index is 878. The van der Waals surface area contributed by atoms with Gasteiger partial charge in [-0.1, -0.05) is 18.2 Å². The zero-order valence-corrected chi connectivity index (χ0v) is 15.4. The zero-order chi connectivity index (χ0) is 17.4. The first-order valence-corrected chi connectivity index (χ1v) is 9.48. The van der Waals surface area contributed by atoms with E-state index in [1.807, 2.05) is 24.3 Å². The molecule has 0 bridgehead atoms. The highest BCUT2D eigenvalue weighted by Crippen LogP contribution is 2.38. The molecule has 132 valence electrons. The molecule has 1 fully saturated rings. The number of nitrogens with zero attached hydrogens (tertiary/aromatic N) is 3. The van der Waals surface area contributed by atoms with Gasteiger partial charge in [0.05, 0.1) is 24.1 Å². The number of benzene rings is 1. The summed E-state index contributed by atoms with van der Waals surface area (Å²) in [6, 6.07) is 7.80. The summed E-state index contributed by atoms with van der Waals surface area (Å²) in [4.78, 5) is 8.08. The van der Waals surface area contributed by atoms with E-state index >= 15 is 0 Å². The summed E-state index contributed by atoms with van der Waals surface area (Å²) in [6.07, 6.45) is 3.50. The zero-order valence-electron chi connectivity index (χ0n) is 14.6. The van der Waals surface area contributed by atoms with E-state index in [-0.39, 0.29) is 0 Å². The summed E-state index contributed by atoms with van der Waals surface area (Å²) in [5.74, 6) is 0.769. The van der Waals surface area contributed by atoms with Crippen LogP contribution in [0.4, 0.5) is 0 Å². The number of fused-ring (bicyclic) bond motifs is 1. The van der Waals surface area contributed by atoms with Crippen LogP contribution >= 0.6 is 11.3 Å². The summed E-state index contributed by atoms with van der Waals surface area (Å²) >= 11 is 1.66. The molecule has 3 aromatic rings. The van der Waals surface area contributed by atoms with Crippen LogP contribution in [0.15, 0.2) is 35.8 Å². The van der Waals surface area contributed by atoms with Crippen molar-refractivity contribution in [2.75, 3.05) is 20.2 Å². The largest absolute Gasteiger partial charge is 0.496 e. The van der Waals surface area contributed by atoms with Crippen molar-refractivity contribution in [1.82, 2.24) is 14.3 Å². The lowest BCUT2D eigenvalue weighted by Crippen LogP contribution is -2.42. The number of ether oxygens (including phenoxy) is 1. The molecule has 0 atom stereocenters. The van der Waals surface area contributed by atoms with Gasteiger partial charge in [0, 0.05) is 36.8 Å². The third-order valence-electron chi connectivity index (χ3n) is 5.23. The Morgan fingerprint density at radius 2 is 2.04 bits per heavy atom. The van der Waals surface area contributed by atoms with Gasteiger partial charge in [0.15, 0.2) is 4.96 Å². The number of hydrogen-bond acceptors (Lipinski definition) is 5. The molecule has 1 saturated heterocycles. The molecule has 0 amide bonds. The maximum Gasteiger partial charge on any atom is 0.194 e. The molecular formula is C19H23N3O2S. The first-order chi connectivity index (χ1) is 12.1. The second kappa shape index (κ2) is 6.44. The van der Waals surface area contributed by atoms with Crippen LogP contribution in [0.3, 0.4) is 0 Å². The van der Waals surface area contributed by atoms with Crippen LogP contribution in [0.1, 0.15) is 29.8 Å². The number of thiazole rings is 1. The summed E-state index contributed by atoms with van der Waals surface area (Å²) < 4.78 is 7.63. The number of aryl methyl sites for hydroxylation is 1. The molecular weight excluding hydrogens is 334 g/mol.